The van der Waals surface area contributed by atoms with Gasteiger partial charge in [-0.15, -0.1) is 0 Å². The second-order valence-electron chi connectivity index (χ2n) is 5.99. The number of nitrogens with one attached hydrogen (secondary N) is 1. The summed E-state index contributed by atoms with van der Waals surface area (Å²) in [7, 11) is 1.76. The van der Waals surface area contributed by atoms with Crippen molar-refractivity contribution < 1.29 is 4.92 Å². The van der Waals surface area contributed by atoms with Crippen molar-refractivity contribution in [1.82, 2.24) is 19.3 Å². The number of benzene rings is 2. The third-order valence-corrected chi connectivity index (χ3v) is 4.36. The fourth-order valence-electron chi connectivity index (χ4n) is 3.11. The highest BCUT2D eigenvalue weighted by molar-refractivity contribution is 5.89. The maximum atomic E-state index is 12.4. The van der Waals surface area contributed by atoms with Crippen molar-refractivity contribution in [2.24, 2.45) is 7.05 Å². The number of fused-ring (bicyclic) bond motifs is 1. The smallest absolute Gasteiger partial charge is 0.300 e. The first kappa shape index (κ1) is 15.8. The standard InChI is InChI=1S/C18H15N5O3/c1-21-14(7-8-19-21)13-9-15-17(16(10-13)23(25)26)20-18(24)22(15)11-12-5-3-2-4-6-12/h2-10H,11H2,1H3,(H,20,24). The fourth-order valence-corrected chi connectivity index (χ4v) is 3.11. The Morgan fingerprint density at radius 1 is 1.19 bits per heavy atom. The third kappa shape index (κ3) is 2.57. The van der Waals surface area contributed by atoms with Gasteiger partial charge in [0.25, 0.3) is 5.69 Å². The molecule has 0 unspecified atom stereocenters. The Labute approximate surface area is 147 Å². The molecule has 0 atom stereocenters. The van der Waals surface area contributed by atoms with Crippen LogP contribution in [0.1, 0.15) is 5.56 Å². The summed E-state index contributed by atoms with van der Waals surface area (Å²) in [5.74, 6) is 0. The van der Waals surface area contributed by atoms with Crippen LogP contribution in [0.4, 0.5) is 5.69 Å². The molecule has 4 rings (SSSR count). The van der Waals surface area contributed by atoms with Gasteiger partial charge in [-0.1, -0.05) is 30.3 Å². The molecule has 4 aromatic rings. The van der Waals surface area contributed by atoms with E-state index in [0.717, 1.165) is 11.3 Å². The number of imidazole rings is 1. The highest BCUT2D eigenvalue weighted by Gasteiger charge is 2.21. The quantitative estimate of drug-likeness (QED) is 0.452. The number of non-ortho nitro benzene ring substituents is 1. The number of aromatic nitrogens is 4. The monoisotopic (exact) mass is 349 g/mol. The molecule has 1 N–H and O–H groups in total. The zero-order valence-electron chi connectivity index (χ0n) is 13.9. The Hall–Kier alpha value is -3.68. The van der Waals surface area contributed by atoms with Gasteiger partial charge in [-0.25, -0.2) is 4.79 Å². The lowest BCUT2D eigenvalue weighted by molar-refractivity contribution is -0.383. The summed E-state index contributed by atoms with van der Waals surface area (Å²) in [6.07, 6.45) is 1.62. The molecule has 2 aromatic heterocycles. The van der Waals surface area contributed by atoms with Gasteiger partial charge in [0.05, 0.1) is 22.7 Å². The lowest BCUT2D eigenvalue weighted by Crippen LogP contribution is -2.17. The minimum atomic E-state index is -0.481. The average molecular weight is 349 g/mol. The van der Waals surface area contributed by atoms with Crippen LogP contribution in [0, 0.1) is 10.1 Å². The minimum Gasteiger partial charge on any atom is -0.300 e. The van der Waals surface area contributed by atoms with Crippen molar-refractivity contribution >= 4 is 16.7 Å². The third-order valence-electron chi connectivity index (χ3n) is 4.36. The Morgan fingerprint density at radius 3 is 2.62 bits per heavy atom. The molecule has 8 heteroatoms. The van der Waals surface area contributed by atoms with Gasteiger partial charge in [-0.05, 0) is 17.7 Å². The summed E-state index contributed by atoms with van der Waals surface area (Å²) >= 11 is 0. The average Bonchev–Trinajstić information content (AvgIpc) is 3.18. The number of nitrogens with zero attached hydrogens (tertiary/aromatic N) is 4. The van der Waals surface area contributed by atoms with E-state index in [4.69, 9.17) is 0 Å². The van der Waals surface area contributed by atoms with E-state index in [1.54, 1.807) is 30.1 Å². The van der Waals surface area contributed by atoms with Gasteiger partial charge in [0, 0.05) is 24.9 Å². The van der Waals surface area contributed by atoms with E-state index in [-0.39, 0.29) is 16.9 Å². The number of hydrogen-bond acceptors (Lipinski definition) is 4. The fraction of sp³-hybridized carbons (Fsp3) is 0.111. The first-order valence-electron chi connectivity index (χ1n) is 7.98. The minimum absolute atomic E-state index is 0.136. The second-order valence-corrected chi connectivity index (χ2v) is 5.99. The van der Waals surface area contributed by atoms with Crippen LogP contribution in [0.3, 0.4) is 0 Å². The molecule has 0 amide bonds. The van der Waals surface area contributed by atoms with Crippen molar-refractivity contribution in [2.75, 3.05) is 0 Å². The lowest BCUT2D eigenvalue weighted by Gasteiger charge is -2.07. The van der Waals surface area contributed by atoms with Crippen LogP contribution in [0.5, 0.6) is 0 Å². The van der Waals surface area contributed by atoms with E-state index in [1.807, 2.05) is 30.3 Å². The van der Waals surface area contributed by atoms with E-state index in [2.05, 4.69) is 10.1 Å². The van der Waals surface area contributed by atoms with Gasteiger partial charge in [-0.2, -0.15) is 5.10 Å². The molecular formula is C18H15N5O3. The maximum Gasteiger partial charge on any atom is 0.326 e. The van der Waals surface area contributed by atoms with E-state index in [1.165, 1.54) is 10.6 Å². The van der Waals surface area contributed by atoms with Gasteiger partial charge in [0.15, 0.2) is 0 Å². The second kappa shape index (κ2) is 5.99. The van der Waals surface area contributed by atoms with Gasteiger partial charge >= 0.3 is 5.69 Å². The van der Waals surface area contributed by atoms with Gasteiger partial charge in [0.1, 0.15) is 5.52 Å². The van der Waals surface area contributed by atoms with Crippen molar-refractivity contribution in [3.05, 3.63) is 80.9 Å². The Bertz CT molecular complexity index is 1170. The zero-order valence-corrected chi connectivity index (χ0v) is 13.9. The normalized spacial score (nSPS) is 11.1. The molecule has 0 bridgehead atoms. The summed E-state index contributed by atoms with van der Waals surface area (Å²) < 4.78 is 3.15. The number of rotatable bonds is 4. The number of aromatic amines is 1. The molecule has 0 spiro atoms. The first-order chi connectivity index (χ1) is 12.5. The summed E-state index contributed by atoms with van der Waals surface area (Å²) in [5, 5.41) is 15.7. The molecular weight excluding hydrogens is 334 g/mol. The van der Waals surface area contributed by atoms with Crippen LogP contribution in [0.25, 0.3) is 22.3 Å². The molecule has 8 nitrogen and oxygen atoms in total. The van der Waals surface area contributed by atoms with Crippen LogP contribution in [-0.2, 0) is 13.6 Å². The molecule has 130 valence electrons. The molecule has 2 heterocycles. The summed E-state index contributed by atoms with van der Waals surface area (Å²) in [4.78, 5) is 26.1. The molecule has 0 saturated heterocycles. The van der Waals surface area contributed by atoms with E-state index in [0.29, 0.717) is 17.6 Å². The summed E-state index contributed by atoms with van der Waals surface area (Å²) in [6.45, 7) is 0.325. The van der Waals surface area contributed by atoms with Crippen molar-refractivity contribution in [3.8, 4) is 11.3 Å². The van der Waals surface area contributed by atoms with Crippen LogP contribution >= 0.6 is 0 Å². The number of H-pyrrole nitrogens is 1. The SMILES string of the molecule is Cn1nccc1-c1cc([N+](=O)[O-])c2[nH]c(=O)n(Cc3ccccc3)c2c1. The lowest BCUT2D eigenvalue weighted by atomic mass is 10.1. The zero-order chi connectivity index (χ0) is 18.3. The topological polar surface area (TPSA) is 98.8 Å². The molecule has 0 fully saturated rings. The molecule has 0 aliphatic heterocycles. The van der Waals surface area contributed by atoms with Gasteiger partial charge in [-0.3, -0.25) is 24.3 Å². The van der Waals surface area contributed by atoms with Crippen molar-refractivity contribution in [2.45, 2.75) is 6.54 Å². The number of aryl methyl sites for hydroxylation is 1. The first-order valence-corrected chi connectivity index (χ1v) is 7.98. The van der Waals surface area contributed by atoms with Crippen LogP contribution in [-0.4, -0.2) is 24.3 Å². The highest BCUT2D eigenvalue weighted by atomic mass is 16.6. The Kier molecular flexibility index (Phi) is 3.65. The molecule has 0 saturated carbocycles. The maximum absolute atomic E-state index is 12.4. The van der Waals surface area contributed by atoms with E-state index in [9.17, 15) is 14.9 Å². The van der Waals surface area contributed by atoms with E-state index >= 15 is 0 Å². The predicted molar refractivity (Wildman–Crippen MR) is 97.0 cm³/mol. The number of hydrogen-bond donors (Lipinski definition) is 1. The number of nitro groups is 1. The van der Waals surface area contributed by atoms with Crippen molar-refractivity contribution in [3.63, 3.8) is 0 Å². The number of nitro benzene ring substituents is 1. The Morgan fingerprint density at radius 2 is 1.96 bits per heavy atom. The largest absolute Gasteiger partial charge is 0.326 e. The van der Waals surface area contributed by atoms with Gasteiger partial charge < -0.3 is 0 Å². The molecule has 2 aromatic carbocycles. The molecule has 0 radical (unpaired) electrons. The summed E-state index contributed by atoms with van der Waals surface area (Å²) in [6, 6.07) is 14.5. The van der Waals surface area contributed by atoms with Crippen LogP contribution in [0.2, 0.25) is 0 Å². The van der Waals surface area contributed by atoms with Gasteiger partial charge in [0.2, 0.25) is 0 Å². The van der Waals surface area contributed by atoms with Crippen molar-refractivity contribution in [1.29, 1.82) is 0 Å². The summed E-state index contributed by atoms with van der Waals surface area (Å²) in [5.41, 5.74) is 2.49. The molecule has 0 aliphatic carbocycles. The predicted octanol–water partition coefficient (Wildman–Crippen LogP) is 2.69. The van der Waals surface area contributed by atoms with Crippen LogP contribution < -0.4 is 5.69 Å². The molecule has 26 heavy (non-hydrogen) atoms. The Balaban J connectivity index is 1.97. The molecule has 0 aliphatic rings. The highest BCUT2D eigenvalue weighted by Crippen LogP contribution is 2.30. The van der Waals surface area contributed by atoms with Crippen LogP contribution in [0.15, 0.2) is 59.5 Å². The van der Waals surface area contributed by atoms with E-state index < -0.39 is 4.92 Å².